The molecule has 7 nitrogen and oxygen atoms in total. The molecule has 22 heavy (non-hydrogen) atoms. The number of halogens is 1. The zero-order chi connectivity index (χ0) is 16.5. The smallest absolute Gasteiger partial charge is 0.216 e. The molecule has 0 saturated heterocycles. The standard InChI is InChI=1S/C14H29FN2O5/c1-13(18)17-11-14(15)12-22-10-9-21-8-7-20-6-5-19-4-3-16-2/h14,16H,3-12H2,1-2H3,(H,17,18). The normalized spacial score (nSPS) is 12.3. The quantitative estimate of drug-likeness (QED) is 0.381. The summed E-state index contributed by atoms with van der Waals surface area (Å²) in [7, 11) is 1.87. The summed E-state index contributed by atoms with van der Waals surface area (Å²) in [5.74, 6) is -0.251. The number of likely N-dealkylation sites (N-methyl/N-ethyl adjacent to an activating group) is 1. The summed E-state index contributed by atoms with van der Waals surface area (Å²) in [6.45, 7) is 5.52. The van der Waals surface area contributed by atoms with Crippen molar-refractivity contribution in [1.82, 2.24) is 10.6 Å². The van der Waals surface area contributed by atoms with Crippen LogP contribution in [-0.4, -0.2) is 85.1 Å². The van der Waals surface area contributed by atoms with Gasteiger partial charge in [-0.3, -0.25) is 4.79 Å². The first kappa shape index (κ1) is 21.2. The van der Waals surface area contributed by atoms with Gasteiger partial charge in [0.1, 0.15) is 6.17 Å². The maximum atomic E-state index is 13.2. The Hall–Kier alpha value is -0.800. The number of carbonyl (C=O) groups is 1. The average molecular weight is 324 g/mol. The summed E-state index contributed by atoms with van der Waals surface area (Å²) in [5.41, 5.74) is 0. The summed E-state index contributed by atoms with van der Waals surface area (Å²) in [6, 6.07) is 0. The lowest BCUT2D eigenvalue weighted by atomic mass is 10.4. The second-order valence-electron chi connectivity index (χ2n) is 4.55. The third kappa shape index (κ3) is 17.3. The summed E-state index contributed by atoms with van der Waals surface area (Å²) in [5, 5.41) is 5.37. The van der Waals surface area contributed by atoms with E-state index in [0.717, 1.165) is 6.54 Å². The number of nitrogens with one attached hydrogen (secondary N) is 2. The molecular weight excluding hydrogens is 295 g/mol. The van der Waals surface area contributed by atoms with Crippen LogP contribution in [0.25, 0.3) is 0 Å². The number of rotatable bonds is 16. The van der Waals surface area contributed by atoms with Gasteiger partial charge in [-0.05, 0) is 7.05 Å². The van der Waals surface area contributed by atoms with E-state index < -0.39 is 6.17 Å². The topological polar surface area (TPSA) is 78.1 Å². The van der Waals surface area contributed by atoms with Gasteiger partial charge in [-0.2, -0.15) is 0 Å². The van der Waals surface area contributed by atoms with Crippen LogP contribution in [0, 0.1) is 0 Å². The van der Waals surface area contributed by atoms with E-state index in [1.807, 2.05) is 7.05 Å². The highest BCUT2D eigenvalue weighted by atomic mass is 19.1. The van der Waals surface area contributed by atoms with Gasteiger partial charge in [-0.15, -0.1) is 0 Å². The second kappa shape index (κ2) is 16.6. The number of ether oxygens (including phenoxy) is 4. The molecule has 1 unspecified atom stereocenters. The van der Waals surface area contributed by atoms with Crippen molar-refractivity contribution in [2.75, 3.05) is 73.0 Å². The number of amides is 1. The van der Waals surface area contributed by atoms with Gasteiger partial charge >= 0.3 is 0 Å². The van der Waals surface area contributed by atoms with Crippen LogP contribution in [0.5, 0.6) is 0 Å². The predicted octanol–water partition coefficient (Wildman–Crippen LogP) is -0.254. The fourth-order valence-corrected chi connectivity index (χ4v) is 1.36. The van der Waals surface area contributed by atoms with Crippen molar-refractivity contribution in [1.29, 1.82) is 0 Å². The van der Waals surface area contributed by atoms with Crippen molar-refractivity contribution in [2.45, 2.75) is 13.1 Å². The van der Waals surface area contributed by atoms with Crippen LogP contribution in [0.1, 0.15) is 6.92 Å². The van der Waals surface area contributed by atoms with Gasteiger partial charge in [-0.1, -0.05) is 0 Å². The highest BCUT2D eigenvalue weighted by Crippen LogP contribution is 1.91. The number of hydrogen-bond donors (Lipinski definition) is 2. The zero-order valence-electron chi connectivity index (χ0n) is 13.6. The molecule has 0 aromatic rings. The van der Waals surface area contributed by atoms with E-state index in [0.29, 0.717) is 46.2 Å². The Balaban J connectivity index is 3.09. The largest absolute Gasteiger partial charge is 0.378 e. The molecule has 0 bridgehead atoms. The first-order valence-corrected chi connectivity index (χ1v) is 7.51. The van der Waals surface area contributed by atoms with Crippen LogP contribution in [0.2, 0.25) is 0 Å². The van der Waals surface area contributed by atoms with E-state index in [9.17, 15) is 9.18 Å². The van der Waals surface area contributed by atoms with Gasteiger partial charge < -0.3 is 29.6 Å². The summed E-state index contributed by atoms with van der Waals surface area (Å²) >= 11 is 0. The lowest BCUT2D eigenvalue weighted by Gasteiger charge is -2.10. The van der Waals surface area contributed by atoms with E-state index in [4.69, 9.17) is 18.9 Å². The van der Waals surface area contributed by atoms with Crippen molar-refractivity contribution in [2.24, 2.45) is 0 Å². The first-order chi connectivity index (χ1) is 10.7. The third-order valence-corrected chi connectivity index (χ3v) is 2.48. The Labute approximate surface area is 131 Å². The molecule has 0 radical (unpaired) electrons. The van der Waals surface area contributed by atoms with E-state index in [1.54, 1.807) is 0 Å². The lowest BCUT2D eigenvalue weighted by molar-refractivity contribution is -0.119. The summed E-state index contributed by atoms with van der Waals surface area (Å²) in [6.07, 6.45) is -1.20. The summed E-state index contributed by atoms with van der Waals surface area (Å²) < 4.78 is 34.1. The number of alkyl halides is 1. The minimum absolute atomic E-state index is 0.0274. The molecule has 0 aliphatic heterocycles. The minimum Gasteiger partial charge on any atom is -0.378 e. The van der Waals surface area contributed by atoms with Crippen molar-refractivity contribution in [3.05, 3.63) is 0 Å². The Morgan fingerprint density at radius 1 is 0.955 bits per heavy atom. The van der Waals surface area contributed by atoms with Crippen LogP contribution < -0.4 is 10.6 Å². The Morgan fingerprint density at radius 2 is 1.45 bits per heavy atom. The molecule has 132 valence electrons. The van der Waals surface area contributed by atoms with Crippen molar-refractivity contribution >= 4 is 5.91 Å². The van der Waals surface area contributed by atoms with Gasteiger partial charge in [0.15, 0.2) is 0 Å². The zero-order valence-corrected chi connectivity index (χ0v) is 13.6. The van der Waals surface area contributed by atoms with Gasteiger partial charge in [0.25, 0.3) is 0 Å². The van der Waals surface area contributed by atoms with Crippen LogP contribution in [0.3, 0.4) is 0 Å². The van der Waals surface area contributed by atoms with E-state index in [-0.39, 0.29) is 19.1 Å². The van der Waals surface area contributed by atoms with Gasteiger partial charge in [0.05, 0.1) is 59.4 Å². The monoisotopic (exact) mass is 324 g/mol. The summed E-state index contributed by atoms with van der Waals surface area (Å²) in [4.78, 5) is 10.6. The first-order valence-electron chi connectivity index (χ1n) is 7.51. The molecule has 2 N–H and O–H groups in total. The Kier molecular flexibility index (Phi) is 16.0. The van der Waals surface area contributed by atoms with Gasteiger partial charge in [0.2, 0.25) is 5.91 Å². The third-order valence-electron chi connectivity index (χ3n) is 2.48. The molecule has 0 saturated carbocycles. The highest BCUT2D eigenvalue weighted by Gasteiger charge is 2.06. The van der Waals surface area contributed by atoms with Crippen LogP contribution in [0.4, 0.5) is 4.39 Å². The molecule has 0 fully saturated rings. The van der Waals surface area contributed by atoms with Gasteiger partial charge in [0, 0.05) is 13.5 Å². The number of carbonyl (C=O) groups excluding carboxylic acids is 1. The van der Waals surface area contributed by atoms with Crippen molar-refractivity contribution in [3.8, 4) is 0 Å². The van der Waals surface area contributed by atoms with Crippen molar-refractivity contribution < 1.29 is 28.1 Å². The van der Waals surface area contributed by atoms with Gasteiger partial charge in [-0.25, -0.2) is 4.39 Å². The second-order valence-corrected chi connectivity index (χ2v) is 4.55. The Morgan fingerprint density at radius 3 is 1.95 bits per heavy atom. The Bertz CT molecular complexity index is 259. The molecule has 0 heterocycles. The average Bonchev–Trinajstić information content (AvgIpc) is 2.49. The molecule has 0 rings (SSSR count). The molecule has 0 aliphatic rings. The molecule has 0 aromatic carbocycles. The molecule has 1 amide bonds. The SMILES string of the molecule is CNCCOCCOCCOCCOCC(F)CNC(C)=O. The molecule has 8 heteroatoms. The minimum atomic E-state index is -1.20. The molecule has 1 atom stereocenters. The fourth-order valence-electron chi connectivity index (χ4n) is 1.36. The molecule has 0 aliphatic carbocycles. The maximum Gasteiger partial charge on any atom is 0.216 e. The molecule has 0 aromatic heterocycles. The molecule has 0 spiro atoms. The fraction of sp³-hybridized carbons (Fsp3) is 0.929. The van der Waals surface area contributed by atoms with E-state index in [2.05, 4.69) is 10.6 Å². The van der Waals surface area contributed by atoms with Crippen LogP contribution >= 0.6 is 0 Å². The predicted molar refractivity (Wildman–Crippen MR) is 80.8 cm³/mol. The molecular formula is C14H29FN2O5. The number of hydrogen-bond acceptors (Lipinski definition) is 6. The maximum absolute atomic E-state index is 13.2. The van der Waals surface area contributed by atoms with Crippen LogP contribution in [0.15, 0.2) is 0 Å². The lowest BCUT2D eigenvalue weighted by Crippen LogP contribution is -2.30. The van der Waals surface area contributed by atoms with E-state index >= 15 is 0 Å². The van der Waals surface area contributed by atoms with E-state index in [1.165, 1.54) is 6.92 Å². The highest BCUT2D eigenvalue weighted by molar-refractivity contribution is 5.72. The van der Waals surface area contributed by atoms with Crippen LogP contribution in [-0.2, 0) is 23.7 Å². The van der Waals surface area contributed by atoms with Crippen molar-refractivity contribution in [3.63, 3.8) is 0 Å².